The number of fused-ring (bicyclic) bond motifs is 1. The smallest absolute Gasteiger partial charge is 0.254 e. The highest BCUT2D eigenvalue weighted by Crippen LogP contribution is 2.26. The standard InChI is InChI=1S/C19H18N2O2/c1-2-7-15(8-3-1)19-21-20-18(23-19)13-22-17-11-10-14-6-4-5-9-16(14)12-17/h1-3,7-8,10-12H,4-6,9,13H2. The molecule has 1 heterocycles. The van der Waals surface area contributed by atoms with Gasteiger partial charge < -0.3 is 9.15 Å². The SMILES string of the molecule is c1ccc(-c2nnc(COc3ccc4c(c3)CCCC4)o2)cc1. The second-order valence-corrected chi connectivity index (χ2v) is 5.79. The summed E-state index contributed by atoms with van der Waals surface area (Å²) in [6, 6.07) is 16.1. The zero-order valence-electron chi connectivity index (χ0n) is 12.9. The van der Waals surface area contributed by atoms with Crippen molar-refractivity contribution in [2.24, 2.45) is 0 Å². The summed E-state index contributed by atoms with van der Waals surface area (Å²) < 4.78 is 11.5. The zero-order valence-corrected chi connectivity index (χ0v) is 12.9. The number of nitrogens with zero attached hydrogens (tertiary/aromatic N) is 2. The van der Waals surface area contributed by atoms with Crippen LogP contribution in [0.25, 0.3) is 11.5 Å². The molecule has 3 aromatic rings. The van der Waals surface area contributed by atoms with E-state index in [-0.39, 0.29) is 0 Å². The van der Waals surface area contributed by atoms with E-state index in [1.165, 1.54) is 30.4 Å². The van der Waals surface area contributed by atoms with Gasteiger partial charge in [-0.15, -0.1) is 10.2 Å². The third kappa shape index (κ3) is 3.11. The molecule has 0 radical (unpaired) electrons. The molecule has 4 rings (SSSR count). The molecular formula is C19H18N2O2. The fraction of sp³-hybridized carbons (Fsp3) is 0.263. The Morgan fingerprint density at radius 1 is 0.913 bits per heavy atom. The number of aryl methyl sites for hydroxylation is 2. The number of rotatable bonds is 4. The zero-order chi connectivity index (χ0) is 15.5. The summed E-state index contributed by atoms with van der Waals surface area (Å²) in [5.41, 5.74) is 3.78. The van der Waals surface area contributed by atoms with E-state index < -0.39 is 0 Å². The predicted octanol–water partition coefficient (Wildman–Crippen LogP) is 4.19. The average Bonchev–Trinajstić information content (AvgIpc) is 3.10. The highest BCUT2D eigenvalue weighted by molar-refractivity contribution is 5.51. The van der Waals surface area contributed by atoms with E-state index in [0.29, 0.717) is 18.4 Å². The Morgan fingerprint density at radius 3 is 2.61 bits per heavy atom. The topological polar surface area (TPSA) is 48.2 Å². The predicted molar refractivity (Wildman–Crippen MR) is 87.2 cm³/mol. The molecule has 0 unspecified atom stereocenters. The summed E-state index contributed by atoms with van der Waals surface area (Å²) >= 11 is 0. The lowest BCUT2D eigenvalue weighted by Crippen LogP contribution is -2.03. The second kappa shape index (κ2) is 6.24. The van der Waals surface area contributed by atoms with Crippen LogP contribution >= 0.6 is 0 Å². The van der Waals surface area contributed by atoms with Gasteiger partial charge in [-0.25, -0.2) is 0 Å². The number of aromatic nitrogens is 2. The molecule has 0 spiro atoms. The largest absolute Gasteiger partial charge is 0.484 e. The van der Waals surface area contributed by atoms with Gasteiger partial charge in [0.1, 0.15) is 5.75 Å². The summed E-state index contributed by atoms with van der Waals surface area (Å²) in [5, 5.41) is 8.13. The lowest BCUT2D eigenvalue weighted by Gasteiger charge is -2.16. The minimum atomic E-state index is 0.290. The fourth-order valence-corrected chi connectivity index (χ4v) is 2.95. The molecule has 0 fully saturated rings. The number of ether oxygens (including phenoxy) is 1. The molecule has 0 saturated carbocycles. The van der Waals surface area contributed by atoms with Crippen LogP contribution in [0.4, 0.5) is 0 Å². The molecule has 1 aliphatic carbocycles. The van der Waals surface area contributed by atoms with Crippen molar-refractivity contribution in [2.45, 2.75) is 32.3 Å². The molecule has 0 saturated heterocycles. The van der Waals surface area contributed by atoms with E-state index in [0.717, 1.165) is 17.7 Å². The monoisotopic (exact) mass is 306 g/mol. The number of hydrogen-bond acceptors (Lipinski definition) is 4. The van der Waals surface area contributed by atoms with E-state index in [1.54, 1.807) is 0 Å². The second-order valence-electron chi connectivity index (χ2n) is 5.79. The lowest BCUT2D eigenvalue weighted by molar-refractivity contribution is 0.264. The molecule has 23 heavy (non-hydrogen) atoms. The van der Waals surface area contributed by atoms with Gasteiger partial charge in [-0.1, -0.05) is 24.3 Å². The van der Waals surface area contributed by atoms with Gasteiger partial charge in [0.05, 0.1) is 0 Å². The molecule has 1 aliphatic rings. The molecule has 2 aromatic carbocycles. The van der Waals surface area contributed by atoms with Crippen molar-refractivity contribution in [1.29, 1.82) is 0 Å². The van der Waals surface area contributed by atoms with Crippen molar-refractivity contribution in [3.63, 3.8) is 0 Å². The maximum absolute atomic E-state index is 5.81. The van der Waals surface area contributed by atoms with E-state index in [9.17, 15) is 0 Å². The van der Waals surface area contributed by atoms with Crippen LogP contribution in [-0.2, 0) is 19.4 Å². The van der Waals surface area contributed by atoms with Crippen molar-refractivity contribution in [3.05, 3.63) is 65.5 Å². The van der Waals surface area contributed by atoms with Crippen LogP contribution in [0.3, 0.4) is 0 Å². The summed E-state index contributed by atoms with van der Waals surface area (Å²) in [5.74, 6) is 1.88. The first kappa shape index (κ1) is 14.0. The van der Waals surface area contributed by atoms with Gasteiger partial charge >= 0.3 is 0 Å². The van der Waals surface area contributed by atoms with Crippen molar-refractivity contribution in [3.8, 4) is 17.2 Å². The minimum absolute atomic E-state index is 0.290. The summed E-state index contributed by atoms with van der Waals surface area (Å²) in [7, 11) is 0. The van der Waals surface area contributed by atoms with Gasteiger partial charge in [0.2, 0.25) is 5.89 Å². The van der Waals surface area contributed by atoms with E-state index in [1.807, 2.05) is 36.4 Å². The van der Waals surface area contributed by atoms with Gasteiger partial charge in [0.25, 0.3) is 5.89 Å². The molecule has 1 aromatic heterocycles. The molecule has 0 aliphatic heterocycles. The quantitative estimate of drug-likeness (QED) is 0.725. The molecular weight excluding hydrogens is 288 g/mol. The van der Waals surface area contributed by atoms with Gasteiger partial charge in [0, 0.05) is 5.56 Å². The Bertz CT molecular complexity index is 796. The fourth-order valence-electron chi connectivity index (χ4n) is 2.95. The first-order chi connectivity index (χ1) is 11.4. The van der Waals surface area contributed by atoms with Gasteiger partial charge in [-0.3, -0.25) is 0 Å². The van der Waals surface area contributed by atoms with E-state index in [2.05, 4.69) is 22.3 Å². The van der Waals surface area contributed by atoms with Gasteiger partial charge in [-0.05, 0) is 61.1 Å². The maximum atomic E-state index is 5.81. The normalized spacial score (nSPS) is 13.6. The number of hydrogen-bond donors (Lipinski definition) is 0. The Balaban J connectivity index is 1.44. The third-order valence-corrected chi connectivity index (χ3v) is 4.17. The summed E-state index contributed by atoms with van der Waals surface area (Å²) in [4.78, 5) is 0. The van der Waals surface area contributed by atoms with Crippen LogP contribution in [0.2, 0.25) is 0 Å². The molecule has 0 atom stereocenters. The number of benzene rings is 2. The van der Waals surface area contributed by atoms with Crippen LogP contribution in [0.15, 0.2) is 52.9 Å². The van der Waals surface area contributed by atoms with Crippen molar-refractivity contribution < 1.29 is 9.15 Å². The summed E-state index contributed by atoms with van der Waals surface area (Å²) in [6.45, 7) is 0.290. The van der Waals surface area contributed by atoms with Crippen molar-refractivity contribution >= 4 is 0 Å². The summed E-state index contributed by atoms with van der Waals surface area (Å²) in [6.07, 6.45) is 4.88. The molecule has 116 valence electrons. The highest BCUT2D eigenvalue weighted by atomic mass is 16.5. The first-order valence-corrected chi connectivity index (χ1v) is 8.01. The van der Waals surface area contributed by atoms with Crippen molar-refractivity contribution in [2.75, 3.05) is 0 Å². The molecule has 4 heteroatoms. The average molecular weight is 306 g/mol. The van der Waals surface area contributed by atoms with Crippen LogP contribution in [0.1, 0.15) is 29.9 Å². The van der Waals surface area contributed by atoms with Crippen LogP contribution in [-0.4, -0.2) is 10.2 Å². The highest BCUT2D eigenvalue weighted by Gasteiger charge is 2.11. The molecule has 0 amide bonds. The maximum Gasteiger partial charge on any atom is 0.254 e. The Morgan fingerprint density at radius 2 is 1.74 bits per heavy atom. The molecule has 0 bridgehead atoms. The van der Waals surface area contributed by atoms with Crippen molar-refractivity contribution in [1.82, 2.24) is 10.2 Å². The molecule has 4 nitrogen and oxygen atoms in total. The van der Waals surface area contributed by atoms with Gasteiger partial charge in [0.15, 0.2) is 6.61 Å². The molecule has 0 N–H and O–H groups in total. The van der Waals surface area contributed by atoms with Crippen LogP contribution < -0.4 is 4.74 Å². The first-order valence-electron chi connectivity index (χ1n) is 8.01. The Hall–Kier alpha value is -2.62. The van der Waals surface area contributed by atoms with E-state index in [4.69, 9.17) is 9.15 Å². The third-order valence-electron chi connectivity index (χ3n) is 4.17. The lowest BCUT2D eigenvalue weighted by atomic mass is 9.92. The van der Waals surface area contributed by atoms with Crippen LogP contribution in [0.5, 0.6) is 5.75 Å². The van der Waals surface area contributed by atoms with E-state index >= 15 is 0 Å². The van der Waals surface area contributed by atoms with Gasteiger partial charge in [-0.2, -0.15) is 0 Å². The van der Waals surface area contributed by atoms with Crippen LogP contribution in [0, 0.1) is 0 Å². The minimum Gasteiger partial charge on any atom is -0.484 e. The Kier molecular flexibility index (Phi) is 3.80. The Labute approximate surface area is 135 Å².